The topological polar surface area (TPSA) is 54.3 Å². The summed E-state index contributed by atoms with van der Waals surface area (Å²) in [5.41, 5.74) is 0.980. The van der Waals surface area contributed by atoms with E-state index in [2.05, 4.69) is 5.32 Å². The van der Waals surface area contributed by atoms with Gasteiger partial charge in [0.15, 0.2) is 0 Å². The highest BCUT2D eigenvalue weighted by atomic mass is 32.2. The van der Waals surface area contributed by atoms with Gasteiger partial charge >= 0.3 is 0 Å². The average molecular weight is 287 g/mol. The molecule has 0 aliphatic rings. The second kappa shape index (κ2) is 6.07. The van der Waals surface area contributed by atoms with Crippen molar-refractivity contribution in [3.63, 3.8) is 0 Å². The van der Waals surface area contributed by atoms with Crippen molar-refractivity contribution < 1.29 is 8.42 Å². The molecule has 6 heteroatoms. The first kappa shape index (κ1) is 16.2. The monoisotopic (exact) mass is 287 g/mol. The minimum absolute atomic E-state index is 0.0554. The van der Waals surface area contributed by atoms with E-state index in [0.29, 0.717) is 11.4 Å². The Morgan fingerprint density at radius 1 is 1.32 bits per heavy atom. The molecule has 1 aromatic heterocycles. The fourth-order valence-electron chi connectivity index (χ4n) is 1.89. The molecular weight excluding hydrogens is 262 g/mol. The Labute approximate surface area is 116 Å². The number of rotatable bonds is 6. The van der Waals surface area contributed by atoms with Crippen LogP contribution in [0.15, 0.2) is 17.2 Å². The Bertz CT molecular complexity index is 518. The van der Waals surface area contributed by atoms with Gasteiger partial charge in [0.1, 0.15) is 4.90 Å². The Morgan fingerprint density at radius 2 is 1.89 bits per heavy atom. The van der Waals surface area contributed by atoms with Crippen molar-refractivity contribution in [2.75, 3.05) is 14.1 Å². The zero-order chi connectivity index (χ0) is 14.8. The Hall–Kier alpha value is -0.850. The maximum Gasteiger partial charge on any atom is 0.244 e. The first-order valence-electron chi connectivity index (χ1n) is 6.55. The molecule has 1 N–H and O–H groups in total. The van der Waals surface area contributed by atoms with Crippen LogP contribution in [0, 0.1) is 0 Å². The summed E-state index contributed by atoms with van der Waals surface area (Å²) in [7, 11) is 0.0618. The number of hydrogen-bond acceptors (Lipinski definition) is 3. The fourth-order valence-corrected chi connectivity index (χ4v) is 3.30. The number of nitrogens with zero attached hydrogens (tertiary/aromatic N) is 2. The van der Waals surface area contributed by atoms with Gasteiger partial charge in [0, 0.05) is 37.6 Å². The third kappa shape index (κ3) is 3.38. The average Bonchev–Trinajstić information content (AvgIpc) is 2.73. The summed E-state index contributed by atoms with van der Waals surface area (Å²) in [6.07, 6.45) is 1.73. The van der Waals surface area contributed by atoms with E-state index in [1.54, 1.807) is 19.3 Å². The zero-order valence-corrected chi connectivity index (χ0v) is 13.5. The molecule has 0 saturated heterocycles. The van der Waals surface area contributed by atoms with Crippen LogP contribution in [-0.2, 0) is 16.6 Å². The van der Waals surface area contributed by atoms with Crippen LogP contribution in [0.4, 0.5) is 0 Å². The maximum atomic E-state index is 12.5. The Balaban J connectivity index is 3.25. The van der Waals surface area contributed by atoms with E-state index in [1.807, 2.05) is 39.3 Å². The highest BCUT2D eigenvalue weighted by Gasteiger charge is 2.25. The normalized spacial score (nSPS) is 12.9. The predicted molar refractivity (Wildman–Crippen MR) is 77.7 cm³/mol. The van der Waals surface area contributed by atoms with Crippen LogP contribution >= 0.6 is 0 Å². The molecule has 0 amide bonds. The van der Waals surface area contributed by atoms with Gasteiger partial charge in [0.2, 0.25) is 10.0 Å². The van der Waals surface area contributed by atoms with Crippen LogP contribution in [0.25, 0.3) is 0 Å². The Kier molecular flexibility index (Phi) is 5.18. The van der Waals surface area contributed by atoms with E-state index in [9.17, 15) is 8.42 Å². The molecule has 0 aliphatic heterocycles. The smallest absolute Gasteiger partial charge is 0.244 e. The van der Waals surface area contributed by atoms with Crippen LogP contribution in [-0.4, -0.2) is 37.4 Å². The summed E-state index contributed by atoms with van der Waals surface area (Å²) in [4.78, 5) is 0.364. The molecule has 0 radical (unpaired) electrons. The molecular formula is C13H25N3O2S. The van der Waals surface area contributed by atoms with Gasteiger partial charge in [-0.3, -0.25) is 0 Å². The van der Waals surface area contributed by atoms with Crippen molar-refractivity contribution in [2.24, 2.45) is 0 Å². The molecule has 0 spiro atoms. The number of sulfonamides is 1. The minimum Gasteiger partial charge on any atom is -0.346 e. The lowest BCUT2D eigenvalue weighted by Crippen LogP contribution is -2.32. The molecule has 0 fully saturated rings. The van der Waals surface area contributed by atoms with Gasteiger partial charge in [-0.2, -0.15) is 4.31 Å². The highest BCUT2D eigenvalue weighted by Crippen LogP contribution is 2.22. The number of hydrogen-bond donors (Lipinski definition) is 1. The van der Waals surface area contributed by atoms with Crippen molar-refractivity contribution in [1.82, 2.24) is 14.2 Å². The van der Waals surface area contributed by atoms with Crippen molar-refractivity contribution in [1.29, 1.82) is 0 Å². The van der Waals surface area contributed by atoms with Crippen molar-refractivity contribution >= 4 is 10.0 Å². The first-order chi connectivity index (χ1) is 8.71. The van der Waals surface area contributed by atoms with Crippen molar-refractivity contribution in [2.45, 2.75) is 51.2 Å². The van der Waals surface area contributed by atoms with Gasteiger partial charge in [-0.1, -0.05) is 0 Å². The van der Waals surface area contributed by atoms with Gasteiger partial charge in [-0.15, -0.1) is 0 Å². The summed E-state index contributed by atoms with van der Waals surface area (Å²) >= 11 is 0. The summed E-state index contributed by atoms with van der Waals surface area (Å²) in [6, 6.07) is 1.93. The summed E-state index contributed by atoms with van der Waals surface area (Å²) in [5, 5.41) is 3.07. The minimum atomic E-state index is -3.41. The summed E-state index contributed by atoms with van der Waals surface area (Å²) in [6.45, 7) is 8.47. The van der Waals surface area contributed by atoms with Crippen LogP contribution < -0.4 is 5.32 Å². The standard InChI is InChI=1S/C13H25N3O2S/c1-10(2)15(6)19(17,18)13-7-12(8-14-5)16(9-13)11(3)4/h7,9-11,14H,8H2,1-6H3. The van der Waals surface area contributed by atoms with Gasteiger partial charge < -0.3 is 9.88 Å². The largest absolute Gasteiger partial charge is 0.346 e. The van der Waals surface area contributed by atoms with Gasteiger partial charge in [0.05, 0.1) is 0 Å². The van der Waals surface area contributed by atoms with E-state index >= 15 is 0 Å². The highest BCUT2D eigenvalue weighted by molar-refractivity contribution is 7.89. The van der Waals surface area contributed by atoms with E-state index in [1.165, 1.54) is 4.31 Å². The molecule has 19 heavy (non-hydrogen) atoms. The zero-order valence-electron chi connectivity index (χ0n) is 12.6. The third-order valence-electron chi connectivity index (χ3n) is 3.23. The van der Waals surface area contributed by atoms with Crippen molar-refractivity contribution in [3.8, 4) is 0 Å². The van der Waals surface area contributed by atoms with E-state index in [0.717, 1.165) is 5.69 Å². The maximum absolute atomic E-state index is 12.5. The SMILES string of the molecule is CNCc1cc(S(=O)(=O)N(C)C(C)C)cn1C(C)C. The van der Waals surface area contributed by atoms with Crippen LogP contribution in [0.1, 0.15) is 39.4 Å². The molecule has 1 rings (SSSR count). The Morgan fingerprint density at radius 3 is 2.32 bits per heavy atom. The molecule has 0 bridgehead atoms. The van der Waals surface area contributed by atoms with E-state index in [4.69, 9.17) is 0 Å². The molecule has 110 valence electrons. The summed E-state index contributed by atoms with van der Waals surface area (Å²) in [5.74, 6) is 0. The molecule has 0 aliphatic carbocycles. The third-order valence-corrected chi connectivity index (χ3v) is 5.22. The second-order valence-electron chi connectivity index (χ2n) is 5.31. The van der Waals surface area contributed by atoms with Gasteiger partial charge in [0.25, 0.3) is 0 Å². The predicted octanol–water partition coefficient (Wildman–Crippen LogP) is 1.82. The lowest BCUT2D eigenvalue weighted by molar-refractivity contribution is 0.410. The van der Waals surface area contributed by atoms with E-state index in [-0.39, 0.29) is 12.1 Å². The van der Waals surface area contributed by atoms with Gasteiger partial charge in [-0.25, -0.2) is 8.42 Å². The number of aromatic nitrogens is 1. The van der Waals surface area contributed by atoms with Gasteiger partial charge in [-0.05, 0) is 40.8 Å². The molecule has 0 saturated carbocycles. The number of nitrogens with one attached hydrogen (secondary N) is 1. The first-order valence-corrected chi connectivity index (χ1v) is 7.99. The van der Waals surface area contributed by atoms with Crippen LogP contribution in [0.5, 0.6) is 0 Å². The molecule has 0 atom stereocenters. The molecule has 0 unspecified atom stereocenters. The fraction of sp³-hybridized carbons (Fsp3) is 0.692. The quantitative estimate of drug-likeness (QED) is 0.868. The van der Waals surface area contributed by atoms with Crippen LogP contribution in [0.2, 0.25) is 0 Å². The molecule has 5 nitrogen and oxygen atoms in total. The lowest BCUT2D eigenvalue weighted by Gasteiger charge is -2.20. The molecule has 1 aromatic rings. The molecule has 1 heterocycles. The lowest BCUT2D eigenvalue weighted by atomic mass is 10.3. The molecule has 0 aromatic carbocycles. The second-order valence-corrected chi connectivity index (χ2v) is 7.31. The summed E-state index contributed by atoms with van der Waals surface area (Å²) < 4.78 is 28.3. The van der Waals surface area contributed by atoms with E-state index < -0.39 is 10.0 Å². The van der Waals surface area contributed by atoms with Crippen molar-refractivity contribution in [3.05, 3.63) is 18.0 Å². The van der Waals surface area contributed by atoms with Crippen LogP contribution in [0.3, 0.4) is 0 Å².